The Balaban J connectivity index is 1.22. The molecule has 3 heterocycles. The number of aromatic nitrogens is 1. The lowest BCUT2D eigenvalue weighted by Crippen LogP contribution is -2.47. The van der Waals surface area contributed by atoms with Gasteiger partial charge in [-0.15, -0.1) is 0 Å². The van der Waals surface area contributed by atoms with E-state index in [2.05, 4.69) is 15.0 Å². The van der Waals surface area contributed by atoms with Crippen molar-refractivity contribution < 1.29 is 31.4 Å². The molecule has 198 valence electrons. The summed E-state index contributed by atoms with van der Waals surface area (Å²) in [5.41, 5.74) is -0.376. The van der Waals surface area contributed by atoms with Gasteiger partial charge in [0.2, 0.25) is 20.0 Å². The monoisotopic (exact) mass is 540 g/mol. The number of hydrogen-bond acceptors (Lipinski definition) is 9. The number of ether oxygens (including phenoxy) is 2. The van der Waals surface area contributed by atoms with E-state index in [9.17, 15) is 21.9 Å². The molecule has 0 aliphatic carbocycles. The van der Waals surface area contributed by atoms with E-state index in [0.717, 1.165) is 6.42 Å². The quantitative estimate of drug-likeness (QED) is 0.388. The molecule has 2 saturated heterocycles. The Morgan fingerprint density at radius 2 is 1.94 bits per heavy atom. The minimum Gasteiger partial charge on any atom is -0.491 e. The van der Waals surface area contributed by atoms with Crippen molar-refractivity contribution in [1.82, 2.24) is 19.3 Å². The lowest BCUT2D eigenvalue weighted by atomic mass is 9.88. The standard InChI is InChI=1S/C23H32N4O7S2/c1-24-35(29,30)21-5-2-4-20(12-21)33-17-19(28)14-26-18-13-23(34-16-18)7-10-27(11-8-23)36(31,32)22-6-3-9-25-15-22/h2-6,9,12,15,18-19,24,26,28H,7-8,10-11,13-14,16-17H2,1H3/t18-,19?/m1/s1. The molecule has 11 nitrogen and oxygen atoms in total. The number of rotatable bonds is 10. The van der Waals surface area contributed by atoms with E-state index in [0.29, 0.717) is 38.3 Å². The molecule has 13 heteroatoms. The fraction of sp³-hybridized carbons (Fsp3) is 0.522. The summed E-state index contributed by atoms with van der Waals surface area (Å²) in [5.74, 6) is 0.349. The highest BCUT2D eigenvalue weighted by atomic mass is 32.2. The molecular weight excluding hydrogens is 508 g/mol. The van der Waals surface area contributed by atoms with Crippen molar-refractivity contribution in [2.24, 2.45) is 0 Å². The molecule has 2 aliphatic heterocycles. The molecule has 1 aromatic heterocycles. The van der Waals surface area contributed by atoms with Crippen molar-refractivity contribution >= 4 is 20.0 Å². The number of nitrogens with zero attached hydrogens (tertiary/aromatic N) is 2. The van der Waals surface area contributed by atoms with Gasteiger partial charge >= 0.3 is 0 Å². The van der Waals surface area contributed by atoms with E-state index in [1.165, 1.54) is 29.7 Å². The maximum Gasteiger partial charge on any atom is 0.244 e. The van der Waals surface area contributed by atoms with Crippen molar-refractivity contribution in [2.45, 2.75) is 46.8 Å². The molecule has 2 atom stereocenters. The number of pyridine rings is 1. The Morgan fingerprint density at radius 1 is 1.19 bits per heavy atom. The maximum absolute atomic E-state index is 12.8. The van der Waals surface area contributed by atoms with Crippen LogP contribution in [0.5, 0.6) is 5.75 Å². The van der Waals surface area contributed by atoms with Gasteiger partial charge in [-0.25, -0.2) is 21.6 Å². The van der Waals surface area contributed by atoms with Gasteiger partial charge in [-0.3, -0.25) is 4.98 Å². The van der Waals surface area contributed by atoms with E-state index in [4.69, 9.17) is 9.47 Å². The first-order chi connectivity index (χ1) is 17.1. The molecule has 0 radical (unpaired) electrons. The van der Waals surface area contributed by atoms with Crippen molar-refractivity contribution in [3.05, 3.63) is 48.8 Å². The zero-order valence-electron chi connectivity index (χ0n) is 20.0. The van der Waals surface area contributed by atoms with Gasteiger partial charge in [0, 0.05) is 44.1 Å². The average Bonchev–Trinajstić information content (AvgIpc) is 3.29. The van der Waals surface area contributed by atoms with Crippen LogP contribution in [0, 0.1) is 0 Å². The smallest absolute Gasteiger partial charge is 0.244 e. The summed E-state index contributed by atoms with van der Waals surface area (Å²) >= 11 is 0. The number of benzene rings is 1. The van der Waals surface area contributed by atoms with E-state index < -0.39 is 26.2 Å². The van der Waals surface area contributed by atoms with Gasteiger partial charge < -0.3 is 19.9 Å². The minimum absolute atomic E-state index is 0.00403. The van der Waals surface area contributed by atoms with Gasteiger partial charge in [-0.2, -0.15) is 4.31 Å². The molecular formula is C23H32N4O7S2. The Kier molecular flexibility index (Phi) is 8.29. The van der Waals surface area contributed by atoms with Crippen LogP contribution in [0.15, 0.2) is 58.6 Å². The molecule has 1 spiro atoms. The molecule has 2 aromatic rings. The van der Waals surface area contributed by atoms with Crippen LogP contribution >= 0.6 is 0 Å². The highest BCUT2D eigenvalue weighted by molar-refractivity contribution is 7.89. The SMILES string of the molecule is CNS(=O)(=O)c1cccc(OCC(O)CN[C@H]2COC3(CCN(S(=O)(=O)c4cccnc4)CC3)C2)c1. The second-order valence-electron chi connectivity index (χ2n) is 9.04. The number of aliphatic hydroxyl groups excluding tert-OH is 1. The van der Waals surface area contributed by atoms with Crippen LogP contribution in [0.1, 0.15) is 19.3 Å². The normalized spacial score (nSPS) is 21.4. The van der Waals surface area contributed by atoms with Gasteiger partial charge in [-0.1, -0.05) is 6.07 Å². The van der Waals surface area contributed by atoms with Crippen molar-refractivity contribution in [3.8, 4) is 5.75 Å². The molecule has 0 amide bonds. The first-order valence-electron chi connectivity index (χ1n) is 11.8. The highest BCUT2D eigenvalue weighted by Crippen LogP contribution is 2.37. The molecule has 1 unspecified atom stereocenters. The molecule has 1 aromatic carbocycles. The summed E-state index contributed by atoms with van der Waals surface area (Å²) < 4.78 is 65.0. The maximum atomic E-state index is 12.8. The number of nitrogens with one attached hydrogen (secondary N) is 2. The average molecular weight is 541 g/mol. The zero-order valence-corrected chi connectivity index (χ0v) is 21.7. The van der Waals surface area contributed by atoms with Gasteiger partial charge in [0.05, 0.1) is 17.1 Å². The van der Waals surface area contributed by atoms with E-state index in [-0.39, 0.29) is 34.6 Å². The van der Waals surface area contributed by atoms with Crippen LogP contribution in [-0.2, 0) is 24.8 Å². The van der Waals surface area contributed by atoms with Crippen LogP contribution in [0.3, 0.4) is 0 Å². The second kappa shape index (κ2) is 11.1. The fourth-order valence-corrected chi connectivity index (χ4v) is 6.68. The third-order valence-electron chi connectivity index (χ3n) is 6.58. The molecule has 36 heavy (non-hydrogen) atoms. The van der Waals surface area contributed by atoms with Crippen LogP contribution < -0.4 is 14.8 Å². The van der Waals surface area contributed by atoms with Crippen LogP contribution in [0.2, 0.25) is 0 Å². The van der Waals surface area contributed by atoms with Crippen molar-refractivity contribution in [1.29, 1.82) is 0 Å². The predicted octanol–water partition coefficient (Wildman–Crippen LogP) is 0.331. The zero-order chi connectivity index (χ0) is 25.8. The molecule has 4 rings (SSSR count). The lowest BCUT2D eigenvalue weighted by Gasteiger charge is -2.38. The summed E-state index contributed by atoms with van der Waals surface area (Å²) in [6.45, 7) is 1.51. The second-order valence-corrected chi connectivity index (χ2v) is 12.9. The van der Waals surface area contributed by atoms with Crippen molar-refractivity contribution in [3.63, 3.8) is 0 Å². The molecule has 2 fully saturated rings. The van der Waals surface area contributed by atoms with Crippen LogP contribution in [0.25, 0.3) is 0 Å². The number of sulfonamides is 2. The van der Waals surface area contributed by atoms with Crippen LogP contribution in [0.4, 0.5) is 0 Å². The molecule has 0 saturated carbocycles. The first-order valence-corrected chi connectivity index (χ1v) is 14.7. The summed E-state index contributed by atoms with van der Waals surface area (Å²) in [5, 5.41) is 13.6. The number of aliphatic hydroxyl groups is 1. The van der Waals surface area contributed by atoms with E-state index in [1.807, 2.05) is 0 Å². The largest absolute Gasteiger partial charge is 0.491 e. The molecule has 3 N–H and O–H groups in total. The summed E-state index contributed by atoms with van der Waals surface area (Å²) in [4.78, 5) is 4.19. The molecule has 0 bridgehead atoms. The lowest BCUT2D eigenvalue weighted by molar-refractivity contribution is -0.0312. The Bertz CT molecular complexity index is 1230. The molecule has 2 aliphatic rings. The fourth-order valence-electron chi connectivity index (χ4n) is 4.51. The van der Waals surface area contributed by atoms with E-state index >= 15 is 0 Å². The third-order valence-corrected chi connectivity index (χ3v) is 9.88. The summed E-state index contributed by atoms with van der Waals surface area (Å²) in [6.07, 6.45) is 4.03. The van der Waals surface area contributed by atoms with Gasteiger partial charge in [-0.05, 0) is 50.6 Å². The minimum atomic E-state index is -3.58. The number of hydrogen-bond donors (Lipinski definition) is 3. The highest BCUT2D eigenvalue weighted by Gasteiger charge is 2.44. The Labute approximate surface area is 211 Å². The van der Waals surface area contributed by atoms with Gasteiger partial charge in [0.1, 0.15) is 23.4 Å². The van der Waals surface area contributed by atoms with E-state index in [1.54, 1.807) is 30.5 Å². The number of piperidine rings is 1. The summed E-state index contributed by atoms with van der Waals surface area (Å²) in [6, 6.07) is 9.27. The van der Waals surface area contributed by atoms with Gasteiger partial charge in [0.25, 0.3) is 0 Å². The Morgan fingerprint density at radius 3 is 2.64 bits per heavy atom. The predicted molar refractivity (Wildman–Crippen MR) is 132 cm³/mol. The van der Waals surface area contributed by atoms with Crippen LogP contribution in [-0.4, -0.2) is 88.9 Å². The Hall–Kier alpha value is -2.13. The summed E-state index contributed by atoms with van der Waals surface area (Å²) in [7, 11) is -5.81. The third kappa shape index (κ3) is 6.22. The topological polar surface area (TPSA) is 147 Å². The first kappa shape index (κ1) is 26.9. The van der Waals surface area contributed by atoms with Gasteiger partial charge in [0.15, 0.2) is 0 Å². The van der Waals surface area contributed by atoms with Crippen molar-refractivity contribution in [2.75, 3.05) is 39.9 Å².